The molecule has 0 saturated carbocycles. The Morgan fingerprint density at radius 2 is 1.94 bits per heavy atom. The molecule has 0 unspecified atom stereocenters. The molecule has 16 heavy (non-hydrogen) atoms. The van der Waals surface area contributed by atoms with Crippen molar-refractivity contribution in [2.45, 2.75) is 0 Å². The van der Waals surface area contributed by atoms with Crippen molar-refractivity contribution in [3.63, 3.8) is 0 Å². The first kappa shape index (κ1) is 10.6. The van der Waals surface area contributed by atoms with E-state index in [1.165, 1.54) is 0 Å². The number of hydrogen-bond donors (Lipinski definition) is 3. The summed E-state index contributed by atoms with van der Waals surface area (Å²) in [6.45, 7) is 0. The van der Waals surface area contributed by atoms with E-state index in [1.54, 1.807) is 30.5 Å². The van der Waals surface area contributed by atoms with Gasteiger partial charge in [0, 0.05) is 16.8 Å². The Morgan fingerprint density at radius 1 is 1.31 bits per heavy atom. The summed E-state index contributed by atoms with van der Waals surface area (Å²) in [4.78, 5) is 13.4. The molecule has 0 aliphatic heterocycles. The second kappa shape index (κ2) is 3.90. The average Bonchev–Trinajstić information content (AvgIpc) is 2.61. The van der Waals surface area contributed by atoms with Gasteiger partial charge in [-0.1, -0.05) is 23.7 Å². The first-order chi connectivity index (χ1) is 7.59. The van der Waals surface area contributed by atoms with Crippen LogP contribution in [0, 0.1) is 0 Å². The van der Waals surface area contributed by atoms with Gasteiger partial charge in [0.25, 0.3) is 0 Å². The molecule has 2 aromatic rings. The Labute approximate surface area is 96.7 Å². The molecule has 0 atom stereocenters. The van der Waals surface area contributed by atoms with Gasteiger partial charge in [0.05, 0.1) is 5.69 Å². The van der Waals surface area contributed by atoms with Crippen molar-refractivity contribution < 1.29 is 9.90 Å². The third-order valence-corrected chi connectivity index (χ3v) is 2.54. The summed E-state index contributed by atoms with van der Waals surface area (Å²) in [5, 5.41) is 9.46. The largest absolute Gasteiger partial charge is 0.477 e. The van der Waals surface area contributed by atoms with Crippen LogP contribution >= 0.6 is 11.6 Å². The third-order valence-electron chi connectivity index (χ3n) is 2.29. The lowest BCUT2D eigenvalue weighted by molar-refractivity contribution is 0.0692. The van der Waals surface area contributed by atoms with Gasteiger partial charge < -0.3 is 15.8 Å². The van der Waals surface area contributed by atoms with Crippen molar-refractivity contribution >= 4 is 23.3 Å². The van der Waals surface area contributed by atoms with Crippen LogP contribution in [0.2, 0.25) is 5.02 Å². The number of benzene rings is 1. The fourth-order valence-corrected chi connectivity index (χ4v) is 1.61. The number of nitrogens with two attached hydrogens (primary N) is 1. The number of carboxylic acids is 1. The number of halogens is 1. The molecule has 0 aliphatic rings. The van der Waals surface area contributed by atoms with Crippen LogP contribution in [0.15, 0.2) is 30.5 Å². The zero-order chi connectivity index (χ0) is 11.7. The van der Waals surface area contributed by atoms with E-state index in [1.807, 2.05) is 0 Å². The second-order valence-electron chi connectivity index (χ2n) is 3.30. The molecular weight excluding hydrogens is 228 g/mol. The van der Waals surface area contributed by atoms with E-state index in [4.69, 9.17) is 22.4 Å². The standard InChI is InChI=1S/C11H9ClN2O2/c12-7-3-1-6(2-4-7)8-5-14-10(9(8)13)11(15)16/h1-5,14H,13H2,(H,15,16). The number of nitrogen functional groups attached to an aromatic ring is 1. The summed E-state index contributed by atoms with van der Waals surface area (Å²) in [7, 11) is 0. The second-order valence-corrected chi connectivity index (χ2v) is 3.74. The highest BCUT2D eigenvalue weighted by atomic mass is 35.5. The fraction of sp³-hybridized carbons (Fsp3) is 0. The lowest BCUT2D eigenvalue weighted by atomic mass is 10.1. The van der Waals surface area contributed by atoms with Crippen LogP contribution < -0.4 is 5.73 Å². The normalized spacial score (nSPS) is 10.3. The molecule has 0 amide bonds. The summed E-state index contributed by atoms with van der Waals surface area (Å²) in [6.07, 6.45) is 1.57. The summed E-state index contributed by atoms with van der Waals surface area (Å²) in [6, 6.07) is 7.02. The fourth-order valence-electron chi connectivity index (χ4n) is 1.48. The zero-order valence-corrected chi connectivity index (χ0v) is 8.95. The van der Waals surface area contributed by atoms with Crippen LogP contribution in [-0.4, -0.2) is 16.1 Å². The Hall–Kier alpha value is -1.94. The van der Waals surface area contributed by atoms with Crippen LogP contribution in [0.3, 0.4) is 0 Å². The maximum Gasteiger partial charge on any atom is 0.354 e. The van der Waals surface area contributed by atoms with Crippen LogP contribution in [0.4, 0.5) is 5.69 Å². The number of aromatic amines is 1. The van der Waals surface area contributed by atoms with Gasteiger partial charge in [0.15, 0.2) is 0 Å². The molecule has 1 aromatic heterocycles. The molecule has 4 nitrogen and oxygen atoms in total. The molecule has 0 saturated heterocycles. The van der Waals surface area contributed by atoms with Gasteiger partial charge in [0.1, 0.15) is 5.69 Å². The first-order valence-electron chi connectivity index (χ1n) is 4.55. The number of hydrogen-bond acceptors (Lipinski definition) is 2. The van der Waals surface area contributed by atoms with Crippen LogP contribution in [-0.2, 0) is 0 Å². The summed E-state index contributed by atoms with van der Waals surface area (Å²) >= 11 is 5.76. The number of anilines is 1. The molecule has 1 heterocycles. The van der Waals surface area contributed by atoms with Crippen molar-refractivity contribution in [1.82, 2.24) is 4.98 Å². The summed E-state index contributed by atoms with van der Waals surface area (Å²) in [5.74, 6) is -1.07. The van der Waals surface area contributed by atoms with E-state index in [9.17, 15) is 4.79 Å². The third kappa shape index (κ3) is 1.75. The Kier molecular flexibility index (Phi) is 2.58. The van der Waals surface area contributed by atoms with Gasteiger partial charge in [-0.15, -0.1) is 0 Å². The first-order valence-corrected chi connectivity index (χ1v) is 4.93. The van der Waals surface area contributed by atoms with Crippen LogP contribution in [0.25, 0.3) is 11.1 Å². The van der Waals surface area contributed by atoms with Crippen molar-refractivity contribution in [3.05, 3.63) is 41.2 Å². The van der Waals surface area contributed by atoms with E-state index in [0.717, 1.165) is 5.56 Å². The minimum Gasteiger partial charge on any atom is -0.477 e. The van der Waals surface area contributed by atoms with Crippen LogP contribution in [0.5, 0.6) is 0 Å². The summed E-state index contributed by atoms with van der Waals surface area (Å²) in [5.41, 5.74) is 7.45. The molecule has 2 rings (SSSR count). The molecule has 0 fully saturated rings. The molecule has 5 heteroatoms. The zero-order valence-electron chi connectivity index (χ0n) is 8.20. The topological polar surface area (TPSA) is 79.1 Å². The van der Waals surface area contributed by atoms with Gasteiger partial charge in [-0.25, -0.2) is 4.79 Å². The van der Waals surface area contributed by atoms with Crippen molar-refractivity contribution in [1.29, 1.82) is 0 Å². The van der Waals surface area contributed by atoms with E-state index in [-0.39, 0.29) is 11.4 Å². The quantitative estimate of drug-likeness (QED) is 0.750. The minimum atomic E-state index is -1.07. The maximum atomic E-state index is 10.8. The monoisotopic (exact) mass is 236 g/mol. The lowest BCUT2D eigenvalue weighted by Gasteiger charge is -2.00. The van der Waals surface area contributed by atoms with Crippen molar-refractivity contribution in [2.75, 3.05) is 5.73 Å². The smallest absolute Gasteiger partial charge is 0.354 e. The predicted molar refractivity (Wildman–Crippen MR) is 62.6 cm³/mol. The maximum absolute atomic E-state index is 10.8. The number of nitrogens with one attached hydrogen (secondary N) is 1. The van der Waals surface area contributed by atoms with Gasteiger partial charge in [-0.3, -0.25) is 0 Å². The Bertz CT molecular complexity index is 531. The highest BCUT2D eigenvalue weighted by Gasteiger charge is 2.14. The highest BCUT2D eigenvalue weighted by Crippen LogP contribution is 2.29. The van der Waals surface area contributed by atoms with Gasteiger partial charge >= 0.3 is 5.97 Å². The number of rotatable bonds is 2. The van der Waals surface area contributed by atoms with Gasteiger partial charge in [0.2, 0.25) is 0 Å². The van der Waals surface area contributed by atoms with Crippen LogP contribution in [0.1, 0.15) is 10.5 Å². The molecule has 0 bridgehead atoms. The predicted octanol–water partition coefficient (Wildman–Crippen LogP) is 2.62. The number of carboxylic acid groups (broad SMARTS) is 1. The SMILES string of the molecule is Nc1c(-c2ccc(Cl)cc2)c[nH]c1C(=O)O. The highest BCUT2D eigenvalue weighted by molar-refractivity contribution is 6.30. The van der Waals surface area contributed by atoms with E-state index in [2.05, 4.69) is 4.98 Å². The number of H-pyrrole nitrogens is 1. The van der Waals surface area contributed by atoms with Gasteiger partial charge in [-0.05, 0) is 17.7 Å². The number of carbonyl (C=O) groups is 1. The molecule has 0 spiro atoms. The molecular formula is C11H9ClN2O2. The minimum absolute atomic E-state index is 0.00458. The average molecular weight is 237 g/mol. The summed E-state index contributed by atoms with van der Waals surface area (Å²) < 4.78 is 0. The molecule has 1 aromatic carbocycles. The lowest BCUT2D eigenvalue weighted by Crippen LogP contribution is -2.01. The number of aromatic nitrogens is 1. The molecule has 4 N–H and O–H groups in total. The molecule has 0 aliphatic carbocycles. The van der Waals surface area contributed by atoms with E-state index >= 15 is 0 Å². The molecule has 82 valence electrons. The number of aromatic carboxylic acids is 1. The molecule has 0 radical (unpaired) electrons. The van der Waals surface area contributed by atoms with Crippen molar-refractivity contribution in [3.8, 4) is 11.1 Å². The van der Waals surface area contributed by atoms with Gasteiger partial charge in [-0.2, -0.15) is 0 Å². The Morgan fingerprint density at radius 3 is 2.44 bits per heavy atom. The Balaban J connectivity index is 2.49. The van der Waals surface area contributed by atoms with E-state index in [0.29, 0.717) is 10.6 Å². The van der Waals surface area contributed by atoms with E-state index < -0.39 is 5.97 Å². The van der Waals surface area contributed by atoms with Crippen molar-refractivity contribution in [2.24, 2.45) is 0 Å².